The highest BCUT2D eigenvalue weighted by atomic mass is 19.4. The lowest BCUT2D eigenvalue weighted by atomic mass is 10.1. The summed E-state index contributed by atoms with van der Waals surface area (Å²) < 4.78 is 38.5. The predicted molar refractivity (Wildman–Crippen MR) is 72.5 cm³/mol. The Labute approximate surface area is 115 Å². The number of anilines is 1. The zero-order valence-corrected chi connectivity index (χ0v) is 11.0. The Morgan fingerprint density at radius 1 is 1.10 bits per heavy atom. The van der Waals surface area contributed by atoms with Gasteiger partial charge in [0.05, 0.1) is 5.56 Å². The van der Waals surface area contributed by atoms with Gasteiger partial charge in [-0.25, -0.2) is 4.98 Å². The van der Waals surface area contributed by atoms with Crippen LogP contribution >= 0.6 is 0 Å². The normalized spacial score (nSPS) is 13.0. The molecular weight excluding hydrogens is 265 g/mol. The lowest BCUT2D eigenvalue weighted by Gasteiger charge is -2.18. The Kier molecular flexibility index (Phi) is 4.27. The topological polar surface area (TPSA) is 24.9 Å². The molecule has 0 fully saturated rings. The van der Waals surface area contributed by atoms with E-state index >= 15 is 0 Å². The zero-order chi connectivity index (χ0) is 14.6. The average Bonchev–Trinajstić information content (AvgIpc) is 2.39. The minimum Gasteiger partial charge on any atom is -0.367 e. The molecule has 5 heteroatoms. The van der Waals surface area contributed by atoms with Crippen molar-refractivity contribution in [1.29, 1.82) is 0 Å². The van der Waals surface area contributed by atoms with Crippen molar-refractivity contribution in [2.45, 2.75) is 25.6 Å². The van der Waals surface area contributed by atoms with Crippen LogP contribution in [-0.2, 0) is 12.6 Å². The Morgan fingerprint density at radius 2 is 1.80 bits per heavy atom. The lowest BCUT2D eigenvalue weighted by Crippen LogP contribution is -2.21. The third kappa shape index (κ3) is 3.73. The maximum absolute atomic E-state index is 12.8. The Hall–Kier alpha value is -2.04. The third-order valence-electron chi connectivity index (χ3n) is 2.88. The summed E-state index contributed by atoms with van der Waals surface area (Å²) in [6.45, 7) is 1.84. The van der Waals surface area contributed by atoms with Gasteiger partial charge in [0.1, 0.15) is 5.82 Å². The molecule has 1 N–H and O–H groups in total. The molecule has 0 aliphatic carbocycles. The molecule has 2 rings (SSSR count). The fourth-order valence-electron chi connectivity index (χ4n) is 2.00. The van der Waals surface area contributed by atoms with Crippen LogP contribution in [0, 0.1) is 0 Å². The van der Waals surface area contributed by atoms with Crippen molar-refractivity contribution in [3.05, 3.63) is 59.8 Å². The van der Waals surface area contributed by atoms with Crippen molar-refractivity contribution >= 4 is 5.82 Å². The molecule has 0 bridgehead atoms. The van der Waals surface area contributed by atoms with Crippen LogP contribution in [0.2, 0.25) is 0 Å². The first-order valence-electron chi connectivity index (χ1n) is 6.29. The summed E-state index contributed by atoms with van der Waals surface area (Å²) in [5, 5.41) is 2.83. The number of benzene rings is 1. The zero-order valence-electron chi connectivity index (χ0n) is 11.0. The molecule has 1 unspecified atom stereocenters. The summed E-state index contributed by atoms with van der Waals surface area (Å²) >= 11 is 0. The van der Waals surface area contributed by atoms with Crippen LogP contribution in [-0.4, -0.2) is 11.0 Å². The molecule has 1 atom stereocenters. The molecule has 20 heavy (non-hydrogen) atoms. The minimum absolute atomic E-state index is 0.122. The van der Waals surface area contributed by atoms with Crippen molar-refractivity contribution in [2.75, 3.05) is 5.32 Å². The van der Waals surface area contributed by atoms with E-state index in [9.17, 15) is 13.2 Å². The van der Waals surface area contributed by atoms with Crippen LogP contribution in [0.5, 0.6) is 0 Å². The second kappa shape index (κ2) is 5.94. The van der Waals surface area contributed by atoms with E-state index in [1.165, 1.54) is 12.3 Å². The van der Waals surface area contributed by atoms with Crippen LogP contribution in [0.25, 0.3) is 0 Å². The van der Waals surface area contributed by atoms with Crippen LogP contribution in [0.3, 0.4) is 0 Å². The number of rotatable bonds is 4. The first kappa shape index (κ1) is 14.4. The van der Waals surface area contributed by atoms with Crippen LogP contribution in [0.1, 0.15) is 18.1 Å². The number of nitrogens with zero attached hydrogens (tertiary/aromatic N) is 1. The smallest absolute Gasteiger partial charge is 0.367 e. The van der Waals surface area contributed by atoms with Crippen molar-refractivity contribution < 1.29 is 13.2 Å². The lowest BCUT2D eigenvalue weighted by molar-refractivity contribution is -0.137. The second-order valence-electron chi connectivity index (χ2n) is 4.63. The van der Waals surface area contributed by atoms with E-state index in [0.29, 0.717) is 6.42 Å². The van der Waals surface area contributed by atoms with Crippen molar-refractivity contribution in [3.63, 3.8) is 0 Å². The minimum atomic E-state index is -4.40. The van der Waals surface area contributed by atoms with E-state index < -0.39 is 11.7 Å². The number of alkyl halides is 3. The molecule has 0 radical (unpaired) electrons. The van der Waals surface area contributed by atoms with E-state index in [-0.39, 0.29) is 11.9 Å². The molecule has 1 heterocycles. The predicted octanol–water partition coefficient (Wildman–Crippen LogP) is 4.14. The molecule has 0 aliphatic rings. The van der Waals surface area contributed by atoms with E-state index in [4.69, 9.17) is 0 Å². The molecule has 1 aromatic carbocycles. The van der Waals surface area contributed by atoms with Gasteiger partial charge in [-0.05, 0) is 31.0 Å². The number of nitrogens with one attached hydrogen (secondary N) is 1. The van der Waals surface area contributed by atoms with Gasteiger partial charge >= 0.3 is 6.18 Å². The number of hydrogen-bond donors (Lipinski definition) is 1. The summed E-state index contributed by atoms with van der Waals surface area (Å²) in [5.41, 5.74) is 0.330. The first-order valence-corrected chi connectivity index (χ1v) is 6.29. The maximum atomic E-state index is 12.8. The van der Waals surface area contributed by atoms with E-state index in [2.05, 4.69) is 10.3 Å². The number of hydrogen-bond acceptors (Lipinski definition) is 2. The Bertz CT molecular complexity index is 553. The summed E-state index contributed by atoms with van der Waals surface area (Å²) in [5.74, 6) is -0.122. The quantitative estimate of drug-likeness (QED) is 0.910. The molecular formula is C15H15F3N2. The number of aromatic nitrogens is 1. The summed E-state index contributed by atoms with van der Waals surface area (Å²) in [7, 11) is 0. The average molecular weight is 280 g/mol. The van der Waals surface area contributed by atoms with Gasteiger partial charge in [0, 0.05) is 12.2 Å². The van der Waals surface area contributed by atoms with Gasteiger partial charge < -0.3 is 5.32 Å². The van der Waals surface area contributed by atoms with Crippen molar-refractivity contribution in [3.8, 4) is 0 Å². The van der Waals surface area contributed by atoms with Crippen LogP contribution in [0.4, 0.5) is 19.0 Å². The van der Waals surface area contributed by atoms with Gasteiger partial charge in [0.2, 0.25) is 0 Å². The summed E-state index contributed by atoms with van der Waals surface area (Å²) in [4.78, 5) is 3.80. The van der Waals surface area contributed by atoms with Crippen molar-refractivity contribution in [2.24, 2.45) is 0 Å². The van der Waals surface area contributed by atoms with Gasteiger partial charge in [0.15, 0.2) is 0 Å². The number of pyridine rings is 1. The van der Waals surface area contributed by atoms with Crippen molar-refractivity contribution in [1.82, 2.24) is 4.98 Å². The first-order chi connectivity index (χ1) is 9.47. The van der Waals surface area contributed by atoms with Gasteiger partial charge in [0.25, 0.3) is 0 Å². The Balaban J connectivity index is 2.10. The van der Waals surface area contributed by atoms with Gasteiger partial charge in [-0.3, -0.25) is 0 Å². The Morgan fingerprint density at radius 3 is 2.45 bits per heavy atom. The maximum Gasteiger partial charge on any atom is 0.419 e. The van der Waals surface area contributed by atoms with Crippen LogP contribution < -0.4 is 5.32 Å². The third-order valence-corrected chi connectivity index (χ3v) is 2.88. The fourth-order valence-corrected chi connectivity index (χ4v) is 2.00. The highest BCUT2D eigenvalue weighted by molar-refractivity contribution is 5.46. The molecule has 0 aliphatic heterocycles. The number of halogens is 3. The summed E-state index contributed by atoms with van der Waals surface area (Å²) in [6, 6.07) is 11.8. The standard InChI is InChI=1S/C15H15F3N2/c1-11(10-12-6-3-2-4-7-12)20-14-13(15(16,17)18)8-5-9-19-14/h2-9,11H,10H2,1H3,(H,19,20). The highest BCUT2D eigenvalue weighted by Crippen LogP contribution is 2.33. The molecule has 0 saturated heterocycles. The molecule has 0 amide bonds. The van der Waals surface area contributed by atoms with Gasteiger partial charge in [-0.15, -0.1) is 0 Å². The monoisotopic (exact) mass is 280 g/mol. The molecule has 2 nitrogen and oxygen atoms in total. The molecule has 2 aromatic rings. The molecule has 0 saturated carbocycles. The highest BCUT2D eigenvalue weighted by Gasteiger charge is 2.34. The van der Waals surface area contributed by atoms with E-state index in [1.54, 1.807) is 0 Å². The van der Waals surface area contributed by atoms with E-state index in [1.807, 2.05) is 37.3 Å². The summed E-state index contributed by atoms with van der Waals surface area (Å²) in [6.07, 6.45) is -2.41. The molecule has 0 spiro atoms. The van der Waals surface area contributed by atoms with Crippen LogP contribution in [0.15, 0.2) is 48.7 Å². The molecule has 106 valence electrons. The largest absolute Gasteiger partial charge is 0.419 e. The SMILES string of the molecule is CC(Cc1ccccc1)Nc1ncccc1C(F)(F)F. The second-order valence-corrected chi connectivity index (χ2v) is 4.63. The fraction of sp³-hybridized carbons (Fsp3) is 0.267. The van der Waals surface area contributed by atoms with Gasteiger partial charge in [-0.2, -0.15) is 13.2 Å². The van der Waals surface area contributed by atoms with Gasteiger partial charge in [-0.1, -0.05) is 30.3 Å². The molecule has 1 aromatic heterocycles. The van der Waals surface area contributed by atoms with E-state index in [0.717, 1.165) is 11.6 Å².